The molecule has 19 heavy (non-hydrogen) atoms. The molecule has 1 aromatic carbocycles. The summed E-state index contributed by atoms with van der Waals surface area (Å²) in [6, 6.07) is 5.54. The van der Waals surface area contributed by atoms with Crippen LogP contribution in [-0.4, -0.2) is 41.7 Å². The van der Waals surface area contributed by atoms with Crippen LogP contribution in [-0.2, 0) is 4.79 Å². The monoisotopic (exact) mass is 289 g/mol. The molecule has 6 heteroatoms. The number of aliphatic carboxylic acids is 1. The van der Waals surface area contributed by atoms with Gasteiger partial charge in [-0.25, -0.2) is 4.39 Å². The zero-order valence-electron chi connectivity index (χ0n) is 10.4. The van der Waals surface area contributed by atoms with Gasteiger partial charge in [-0.05, 0) is 31.5 Å². The quantitative estimate of drug-likeness (QED) is 0.903. The van der Waals surface area contributed by atoms with Gasteiger partial charge in [-0.15, -0.1) is 12.4 Å². The van der Waals surface area contributed by atoms with E-state index in [2.05, 4.69) is 0 Å². The first-order valence-electron chi connectivity index (χ1n) is 6.02. The molecule has 1 atom stereocenters. The molecule has 0 radical (unpaired) electrons. The molecule has 1 fully saturated rings. The summed E-state index contributed by atoms with van der Waals surface area (Å²) in [6.45, 7) is 1.70. The van der Waals surface area contributed by atoms with Crippen molar-refractivity contribution in [1.29, 1.82) is 0 Å². The molecule has 0 unspecified atom stereocenters. The Bertz CT molecular complexity index is 430. The molecule has 0 aromatic heterocycles. The summed E-state index contributed by atoms with van der Waals surface area (Å²) in [4.78, 5) is 12.8. The SMILES string of the molecule is Cl.O=C(O)[C@H]1CCCN1CCOc1cccc(F)c1. The predicted octanol–water partition coefficient (Wildman–Crippen LogP) is 2.18. The van der Waals surface area contributed by atoms with Gasteiger partial charge in [0.15, 0.2) is 0 Å². The fourth-order valence-corrected chi connectivity index (χ4v) is 2.21. The Morgan fingerprint density at radius 2 is 2.32 bits per heavy atom. The number of nitrogens with zero attached hydrogens (tertiary/aromatic N) is 1. The van der Waals surface area contributed by atoms with Crippen LogP contribution in [0.25, 0.3) is 0 Å². The van der Waals surface area contributed by atoms with Crippen molar-refractivity contribution in [2.24, 2.45) is 0 Å². The van der Waals surface area contributed by atoms with E-state index in [0.29, 0.717) is 25.3 Å². The summed E-state index contributed by atoms with van der Waals surface area (Å²) < 4.78 is 18.3. The molecule has 1 aliphatic heterocycles. The van der Waals surface area contributed by atoms with E-state index in [1.54, 1.807) is 12.1 Å². The van der Waals surface area contributed by atoms with Crippen molar-refractivity contribution >= 4 is 18.4 Å². The molecule has 2 rings (SSSR count). The first kappa shape index (κ1) is 15.7. The summed E-state index contributed by atoms with van der Waals surface area (Å²) in [5.74, 6) is -0.642. The van der Waals surface area contributed by atoms with E-state index in [1.807, 2.05) is 4.90 Å². The number of rotatable bonds is 5. The minimum absolute atomic E-state index is 0. The molecular weight excluding hydrogens is 273 g/mol. The smallest absolute Gasteiger partial charge is 0.320 e. The second-order valence-corrected chi connectivity index (χ2v) is 4.34. The summed E-state index contributed by atoms with van der Waals surface area (Å²) in [5, 5.41) is 9.00. The van der Waals surface area contributed by atoms with Crippen LogP contribution < -0.4 is 4.74 Å². The van der Waals surface area contributed by atoms with E-state index in [4.69, 9.17) is 9.84 Å². The molecule has 1 N–H and O–H groups in total. The molecule has 1 heterocycles. The zero-order chi connectivity index (χ0) is 13.0. The molecule has 0 bridgehead atoms. The van der Waals surface area contributed by atoms with Gasteiger partial charge >= 0.3 is 5.97 Å². The van der Waals surface area contributed by atoms with Crippen molar-refractivity contribution < 1.29 is 19.0 Å². The Morgan fingerprint density at radius 1 is 1.53 bits per heavy atom. The van der Waals surface area contributed by atoms with E-state index >= 15 is 0 Å². The van der Waals surface area contributed by atoms with Crippen molar-refractivity contribution in [2.45, 2.75) is 18.9 Å². The predicted molar refractivity (Wildman–Crippen MR) is 71.4 cm³/mol. The third kappa shape index (κ3) is 4.36. The number of likely N-dealkylation sites (tertiary alicyclic amines) is 1. The van der Waals surface area contributed by atoms with Gasteiger partial charge in [0.25, 0.3) is 0 Å². The van der Waals surface area contributed by atoms with E-state index in [9.17, 15) is 9.18 Å². The van der Waals surface area contributed by atoms with Gasteiger partial charge in [-0.2, -0.15) is 0 Å². The number of halogens is 2. The van der Waals surface area contributed by atoms with Crippen molar-refractivity contribution in [3.05, 3.63) is 30.1 Å². The van der Waals surface area contributed by atoms with Crippen LogP contribution in [0.1, 0.15) is 12.8 Å². The normalized spacial score (nSPS) is 18.9. The summed E-state index contributed by atoms with van der Waals surface area (Å²) in [6.07, 6.45) is 1.59. The fourth-order valence-electron chi connectivity index (χ4n) is 2.21. The molecule has 4 nitrogen and oxygen atoms in total. The maximum Gasteiger partial charge on any atom is 0.320 e. The summed E-state index contributed by atoms with van der Waals surface area (Å²) in [7, 11) is 0. The van der Waals surface area contributed by atoms with Crippen LogP contribution in [0.2, 0.25) is 0 Å². The van der Waals surface area contributed by atoms with E-state index in [1.165, 1.54) is 12.1 Å². The fraction of sp³-hybridized carbons (Fsp3) is 0.462. The van der Waals surface area contributed by atoms with Crippen LogP contribution in [0.3, 0.4) is 0 Å². The highest BCUT2D eigenvalue weighted by Crippen LogP contribution is 2.17. The van der Waals surface area contributed by atoms with Gasteiger partial charge in [0.2, 0.25) is 0 Å². The van der Waals surface area contributed by atoms with Crippen LogP contribution in [0.4, 0.5) is 4.39 Å². The Hall–Kier alpha value is -1.33. The average Bonchev–Trinajstić information content (AvgIpc) is 2.77. The van der Waals surface area contributed by atoms with Crippen molar-refractivity contribution in [2.75, 3.05) is 19.7 Å². The number of hydrogen-bond acceptors (Lipinski definition) is 3. The van der Waals surface area contributed by atoms with Crippen molar-refractivity contribution in [3.63, 3.8) is 0 Å². The highest BCUT2D eigenvalue weighted by molar-refractivity contribution is 5.85. The first-order chi connectivity index (χ1) is 8.66. The number of benzene rings is 1. The lowest BCUT2D eigenvalue weighted by Crippen LogP contribution is -2.38. The highest BCUT2D eigenvalue weighted by atomic mass is 35.5. The molecule has 0 spiro atoms. The Kier molecular flexibility index (Phi) is 6.05. The zero-order valence-corrected chi connectivity index (χ0v) is 11.2. The largest absolute Gasteiger partial charge is 0.492 e. The molecule has 0 amide bonds. The summed E-state index contributed by atoms with van der Waals surface area (Å²) >= 11 is 0. The van der Waals surface area contributed by atoms with E-state index < -0.39 is 12.0 Å². The number of hydrogen-bond donors (Lipinski definition) is 1. The van der Waals surface area contributed by atoms with E-state index in [-0.39, 0.29) is 18.2 Å². The van der Waals surface area contributed by atoms with Gasteiger partial charge in [0.1, 0.15) is 24.2 Å². The molecule has 1 aromatic rings. The molecule has 0 aliphatic carbocycles. The van der Waals surface area contributed by atoms with Crippen LogP contribution in [0, 0.1) is 5.82 Å². The average molecular weight is 290 g/mol. The lowest BCUT2D eigenvalue weighted by molar-refractivity contribution is -0.142. The van der Waals surface area contributed by atoms with Crippen LogP contribution in [0.15, 0.2) is 24.3 Å². The maximum absolute atomic E-state index is 12.9. The number of carboxylic acids is 1. The second-order valence-electron chi connectivity index (χ2n) is 4.34. The molecule has 1 saturated heterocycles. The van der Waals surface area contributed by atoms with Crippen molar-refractivity contribution in [1.82, 2.24) is 4.90 Å². The minimum Gasteiger partial charge on any atom is -0.492 e. The molecule has 1 aliphatic rings. The third-order valence-corrected chi connectivity index (χ3v) is 3.09. The number of carboxylic acid groups (broad SMARTS) is 1. The lowest BCUT2D eigenvalue weighted by atomic mass is 10.2. The Labute approximate surface area is 117 Å². The minimum atomic E-state index is -0.779. The van der Waals surface area contributed by atoms with E-state index in [0.717, 1.165) is 13.0 Å². The van der Waals surface area contributed by atoms with Gasteiger partial charge in [-0.3, -0.25) is 9.69 Å². The third-order valence-electron chi connectivity index (χ3n) is 3.09. The van der Waals surface area contributed by atoms with Gasteiger partial charge in [0, 0.05) is 12.6 Å². The maximum atomic E-state index is 12.9. The van der Waals surface area contributed by atoms with Gasteiger partial charge in [-0.1, -0.05) is 6.07 Å². The van der Waals surface area contributed by atoms with Gasteiger partial charge in [0.05, 0.1) is 0 Å². The number of ether oxygens (including phenoxy) is 1. The Morgan fingerprint density at radius 3 is 3.00 bits per heavy atom. The van der Waals surface area contributed by atoms with Crippen LogP contribution >= 0.6 is 12.4 Å². The lowest BCUT2D eigenvalue weighted by Gasteiger charge is -2.20. The molecular formula is C13H17ClFNO3. The molecule has 0 saturated carbocycles. The topological polar surface area (TPSA) is 49.8 Å². The number of carbonyl (C=O) groups is 1. The Balaban J connectivity index is 0.00000180. The van der Waals surface area contributed by atoms with Gasteiger partial charge < -0.3 is 9.84 Å². The second kappa shape index (κ2) is 7.31. The summed E-state index contributed by atoms with van der Waals surface area (Å²) in [5.41, 5.74) is 0. The van der Waals surface area contributed by atoms with Crippen LogP contribution in [0.5, 0.6) is 5.75 Å². The highest BCUT2D eigenvalue weighted by Gasteiger charge is 2.29. The van der Waals surface area contributed by atoms with Crippen molar-refractivity contribution in [3.8, 4) is 5.75 Å². The standard InChI is InChI=1S/C13H16FNO3.ClH/c14-10-3-1-4-11(9-10)18-8-7-15-6-2-5-12(15)13(16)17;/h1,3-4,9,12H,2,5-8H2,(H,16,17);1H/t12-;/m1./s1. The molecule has 106 valence electrons. The first-order valence-corrected chi connectivity index (χ1v) is 6.02.